The first-order valence-corrected chi connectivity index (χ1v) is 10.0. The normalized spacial score (nSPS) is 11.0. The second kappa shape index (κ2) is 21.8. The minimum atomic E-state index is 0. The van der Waals surface area contributed by atoms with Crippen LogP contribution in [0.15, 0.2) is 0 Å². The fraction of sp³-hybridized carbons (Fsp3) is 1.00. The van der Waals surface area contributed by atoms with Crippen molar-refractivity contribution in [1.82, 2.24) is 0 Å². The van der Waals surface area contributed by atoms with Crippen LogP contribution in [0.5, 0.6) is 0 Å². The fourth-order valence-corrected chi connectivity index (χ4v) is 2.91. The van der Waals surface area contributed by atoms with E-state index in [1.807, 2.05) is 0 Å². The van der Waals surface area contributed by atoms with Crippen molar-refractivity contribution in [2.24, 2.45) is 0 Å². The Balaban J connectivity index is -0.00000200. The molecular formula is C19H41BrClNNa. The van der Waals surface area contributed by atoms with Crippen molar-refractivity contribution in [3.63, 3.8) is 0 Å². The summed E-state index contributed by atoms with van der Waals surface area (Å²) in [6.07, 6.45) is 20.0. The summed E-state index contributed by atoms with van der Waals surface area (Å²) in [6.45, 7) is 3.51. The Kier molecular flexibility index (Phi) is 27.9. The maximum Gasteiger partial charge on any atom is 0.154 e. The van der Waals surface area contributed by atoms with Gasteiger partial charge in [0.25, 0.3) is 0 Å². The summed E-state index contributed by atoms with van der Waals surface area (Å²) in [5, 5.41) is 0. The number of hydrogen-bond donors (Lipinski definition) is 0. The van der Waals surface area contributed by atoms with Gasteiger partial charge in [0.2, 0.25) is 0 Å². The van der Waals surface area contributed by atoms with E-state index in [0.717, 1.165) is 10.5 Å². The molecule has 0 aromatic rings. The molecule has 0 atom stereocenters. The molecule has 0 heterocycles. The van der Waals surface area contributed by atoms with E-state index < -0.39 is 0 Å². The fourth-order valence-electron chi connectivity index (χ4n) is 2.79. The number of alkyl halides is 1. The number of unbranched alkanes of at least 4 members (excludes halogenated alkanes) is 13. The second-order valence-electron chi connectivity index (χ2n) is 7.38. The first-order chi connectivity index (χ1) is 10.1. The molecule has 0 N–H and O–H groups in total. The quantitative estimate of drug-likeness (QED) is 0.118. The van der Waals surface area contributed by atoms with Crippen molar-refractivity contribution in [2.75, 3.05) is 26.6 Å². The van der Waals surface area contributed by atoms with E-state index in [2.05, 4.69) is 21.0 Å². The minimum absolute atomic E-state index is 0. The Morgan fingerprint density at radius 1 is 0.609 bits per heavy atom. The van der Waals surface area contributed by atoms with Gasteiger partial charge in [-0.1, -0.05) is 95.6 Å². The van der Waals surface area contributed by atoms with Crippen LogP contribution in [0.1, 0.15) is 96.8 Å². The van der Waals surface area contributed by atoms with E-state index in [1.54, 1.807) is 0 Å². The van der Waals surface area contributed by atoms with Crippen molar-refractivity contribution in [1.29, 1.82) is 0 Å². The summed E-state index contributed by atoms with van der Waals surface area (Å²) in [7, 11) is 4.44. The van der Waals surface area contributed by atoms with E-state index in [4.69, 9.17) is 11.6 Å². The van der Waals surface area contributed by atoms with Crippen molar-refractivity contribution in [3.05, 3.63) is 0 Å². The molecule has 0 saturated carbocycles. The number of halogens is 2. The molecule has 4 heteroatoms. The summed E-state index contributed by atoms with van der Waals surface area (Å²) in [5.41, 5.74) is 0. The van der Waals surface area contributed by atoms with Gasteiger partial charge in [-0.05, 0) is 12.8 Å². The molecule has 0 aromatic heterocycles. The maximum atomic E-state index is 5.92. The summed E-state index contributed by atoms with van der Waals surface area (Å²) in [5.74, 6) is 0. The maximum absolute atomic E-state index is 5.92. The molecule has 0 aliphatic rings. The smallest absolute Gasteiger partial charge is 0.154 e. The molecule has 0 rings (SSSR count). The van der Waals surface area contributed by atoms with Crippen LogP contribution in [0, 0.1) is 0 Å². The van der Waals surface area contributed by atoms with Crippen LogP contribution in [0.25, 0.3) is 0 Å². The Morgan fingerprint density at radius 3 is 1.22 bits per heavy atom. The van der Waals surface area contributed by atoms with E-state index in [-0.39, 0.29) is 46.5 Å². The Morgan fingerprint density at radius 2 is 0.913 bits per heavy atom. The predicted octanol–water partition coefficient (Wildman–Crippen LogP) is 3.36. The zero-order chi connectivity index (χ0) is 15.8. The molecular weight excluding hydrogens is 381 g/mol. The number of hydrogen-bond acceptors (Lipinski definition) is 0. The summed E-state index contributed by atoms with van der Waals surface area (Å²) >= 11 is 5.92. The van der Waals surface area contributed by atoms with E-state index in [1.165, 1.54) is 96.4 Å². The molecule has 0 saturated heterocycles. The average Bonchev–Trinajstić information content (AvgIpc) is 2.47. The molecule has 137 valence electrons. The van der Waals surface area contributed by atoms with Gasteiger partial charge < -0.3 is 21.5 Å². The number of nitrogens with zero attached hydrogens (tertiary/aromatic N) is 1. The first-order valence-electron chi connectivity index (χ1n) is 9.50. The van der Waals surface area contributed by atoms with Crippen LogP contribution in [0.2, 0.25) is 0 Å². The van der Waals surface area contributed by atoms with Crippen molar-refractivity contribution < 1.29 is 21.5 Å². The van der Waals surface area contributed by atoms with Crippen LogP contribution in [-0.4, -0.2) is 60.7 Å². The Hall–Kier alpha value is 1.73. The average molecular weight is 422 g/mol. The molecule has 0 amide bonds. The van der Waals surface area contributed by atoms with Crippen LogP contribution in [0.4, 0.5) is 0 Å². The van der Waals surface area contributed by atoms with Crippen LogP contribution < -0.4 is 17.0 Å². The van der Waals surface area contributed by atoms with Crippen molar-refractivity contribution in [3.8, 4) is 0 Å². The van der Waals surface area contributed by atoms with Gasteiger partial charge in [0.05, 0.1) is 20.6 Å². The SMILES string of the molecule is CCCCCCCCCCCCCCCC[N+](C)(C)CCl.[Br-].[Na]. The first kappa shape index (κ1) is 29.5. The predicted molar refractivity (Wildman–Crippen MR) is 104 cm³/mol. The standard InChI is InChI=1S/C19H41ClN.BrH.Na/c1-4-5-6-7-8-9-10-11-12-13-14-15-16-17-18-21(2,3)19-20;;/h4-19H2,1-3H3;1H;/q+1;;/p-1. The number of rotatable bonds is 16. The summed E-state index contributed by atoms with van der Waals surface area (Å²) in [4.78, 5) is 0. The molecule has 1 nitrogen and oxygen atoms in total. The number of quaternary nitrogens is 1. The van der Waals surface area contributed by atoms with Gasteiger partial charge in [-0.25, -0.2) is 0 Å². The zero-order valence-corrected chi connectivity index (χ0v) is 20.9. The summed E-state index contributed by atoms with van der Waals surface area (Å²) < 4.78 is 0.958. The third kappa shape index (κ3) is 23.7. The van der Waals surface area contributed by atoms with E-state index in [9.17, 15) is 0 Å². The largest absolute Gasteiger partial charge is 1.00 e. The third-order valence-electron chi connectivity index (χ3n) is 4.44. The van der Waals surface area contributed by atoms with Crippen molar-refractivity contribution in [2.45, 2.75) is 96.8 Å². The van der Waals surface area contributed by atoms with Gasteiger partial charge in [0, 0.05) is 29.6 Å². The van der Waals surface area contributed by atoms with Gasteiger partial charge in [0.1, 0.15) is 0 Å². The Bertz CT molecular complexity index is 216. The molecule has 1 radical (unpaired) electrons. The molecule has 23 heavy (non-hydrogen) atoms. The molecule has 0 bridgehead atoms. The monoisotopic (exact) mass is 420 g/mol. The van der Waals surface area contributed by atoms with Crippen LogP contribution >= 0.6 is 11.6 Å². The molecule has 0 fully saturated rings. The van der Waals surface area contributed by atoms with E-state index in [0.29, 0.717) is 0 Å². The van der Waals surface area contributed by atoms with Gasteiger partial charge in [0.15, 0.2) is 6.00 Å². The Labute approximate surface area is 185 Å². The minimum Gasteiger partial charge on any atom is -1.00 e. The van der Waals surface area contributed by atoms with Crippen LogP contribution in [0.3, 0.4) is 0 Å². The van der Waals surface area contributed by atoms with Gasteiger partial charge in [-0.2, -0.15) is 0 Å². The van der Waals surface area contributed by atoms with Crippen molar-refractivity contribution >= 4 is 41.2 Å². The third-order valence-corrected chi connectivity index (χ3v) is 5.09. The van der Waals surface area contributed by atoms with Gasteiger partial charge >= 0.3 is 0 Å². The van der Waals surface area contributed by atoms with E-state index >= 15 is 0 Å². The molecule has 0 unspecified atom stereocenters. The topological polar surface area (TPSA) is 0 Å². The zero-order valence-electron chi connectivity index (χ0n) is 16.5. The van der Waals surface area contributed by atoms with Crippen LogP contribution in [-0.2, 0) is 0 Å². The van der Waals surface area contributed by atoms with Gasteiger partial charge in [-0.3, -0.25) is 0 Å². The molecule has 0 aliphatic carbocycles. The van der Waals surface area contributed by atoms with Gasteiger partial charge in [-0.15, -0.1) is 0 Å². The molecule has 0 spiro atoms. The molecule has 0 aliphatic heterocycles. The summed E-state index contributed by atoms with van der Waals surface area (Å²) in [6, 6.07) is 0.735. The molecule has 0 aromatic carbocycles. The second-order valence-corrected chi connectivity index (χ2v) is 7.61.